The lowest BCUT2D eigenvalue weighted by Crippen LogP contribution is -2.25. The molecule has 0 saturated carbocycles. The molecule has 1 aromatic heterocycles. The first-order valence-electron chi connectivity index (χ1n) is 12.1. The molecule has 0 bridgehead atoms. The number of aromatic nitrogens is 1. The van der Waals surface area contributed by atoms with Crippen molar-refractivity contribution in [3.05, 3.63) is 35.5 Å². The Labute approximate surface area is 152 Å². The van der Waals surface area contributed by atoms with Gasteiger partial charge in [0.1, 0.15) is 0 Å². The van der Waals surface area contributed by atoms with Crippen LogP contribution < -0.4 is 5.32 Å². The third-order valence-corrected chi connectivity index (χ3v) is 3.63. The highest BCUT2D eigenvalue weighted by molar-refractivity contribution is 6.31. The lowest BCUT2D eigenvalue weighted by Gasteiger charge is -2.20. The molecule has 1 N–H and O–H groups in total. The van der Waals surface area contributed by atoms with Gasteiger partial charge in [-0.1, -0.05) is 25.3 Å². The summed E-state index contributed by atoms with van der Waals surface area (Å²) in [5, 5.41) is 4.71. The molecule has 3 nitrogen and oxygen atoms in total. The number of pyridine rings is 1. The van der Waals surface area contributed by atoms with Crippen LogP contribution in [0.2, 0.25) is 5.02 Å². The van der Waals surface area contributed by atoms with Crippen molar-refractivity contribution in [2.75, 3.05) is 24.9 Å². The second kappa shape index (κ2) is 8.35. The minimum absolute atomic E-state index is 0.157. The molecular weight excluding hydrogens is 294 g/mol. The van der Waals surface area contributed by atoms with Crippen LogP contribution in [0.3, 0.4) is 0 Å². The zero-order chi connectivity index (χ0) is 24.5. The minimum atomic E-state index is -3.23. The molecule has 0 radical (unpaired) electrons. The number of hydrogen-bond donors (Lipinski definition) is 1. The number of anilines is 1. The maximum absolute atomic E-state index is 7.95. The molecule has 1 heterocycles. The number of fused-ring (bicyclic) bond motifs is 1. The van der Waals surface area contributed by atoms with Crippen LogP contribution in [0.1, 0.15) is 47.2 Å². The number of nitrogens with one attached hydrogen (secondary N) is 1. The molecule has 1 unspecified atom stereocenters. The summed E-state index contributed by atoms with van der Waals surface area (Å²) >= 11 is 6.01. The molecule has 0 aliphatic rings. The van der Waals surface area contributed by atoms with E-state index in [0.717, 1.165) is 11.1 Å². The van der Waals surface area contributed by atoms with Gasteiger partial charge in [0.25, 0.3) is 0 Å². The highest BCUT2D eigenvalue weighted by Crippen LogP contribution is 2.25. The van der Waals surface area contributed by atoms with Crippen molar-refractivity contribution in [1.29, 1.82) is 0 Å². The van der Waals surface area contributed by atoms with Gasteiger partial charge in [0.15, 0.2) is 0 Å². The molecule has 2 aromatic rings. The predicted octanol–water partition coefficient (Wildman–Crippen LogP) is 4.81. The molecule has 1 aromatic carbocycles. The van der Waals surface area contributed by atoms with E-state index in [1.54, 1.807) is 24.4 Å². The van der Waals surface area contributed by atoms with Gasteiger partial charge < -0.3 is 10.2 Å². The van der Waals surface area contributed by atoms with Crippen molar-refractivity contribution in [3.63, 3.8) is 0 Å². The maximum Gasteiger partial charge on any atom is 0.0737 e. The van der Waals surface area contributed by atoms with E-state index in [0.29, 0.717) is 21.9 Å². The average molecular weight is 330 g/mol. The number of benzene rings is 1. The third-order valence-electron chi connectivity index (χ3n) is 3.40. The largest absolute Gasteiger partial charge is 0.382 e. The van der Waals surface area contributed by atoms with Gasteiger partial charge in [0.2, 0.25) is 0 Å². The lowest BCUT2D eigenvalue weighted by molar-refractivity contribution is 0.295. The Morgan fingerprint density at radius 3 is 2.95 bits per heavy atom. The van der Waals surface area contributed by atoms with Crippen molar-refractivity contribution in [2.24, 2.45) is 0 Å². The van der Waals surface area contributed by atoms with Gasteiger partial charge in [-0.3, -0.25) is 4.98 Å². The van der Waals surface area contributed by atoms with Crippen molar-refractivity contribution >= 4 is 28.2 Å². The molecule has 120 valence electrons. The van der Waals surface area contributed by atoms with Crippen molar-refractivity contribution < 1.29 is 13.7 Å². The Morgan fingerprint density at radius 2 is 2.18 bits per heavy atom. The topological polar surface area (TPSA) is 28.2 Å². The zero-order valence-electron chi connectivity index (χ0n) is 22.4. The van der Waals surface area contributed by atoms with Gasteiger partial charge in [-0.15, -0.1) is 0 Å². The Kier molecular flexibility index (Phi) is 3.03. The fraction of sp³-hybridized carbons (Fsp3) is 0.500. The number of rotatable bonds is 8. The van der Waals surface area contributed by atoms with Crippen molar-refractivity contribution in [1.82, 2.24) is 9.88 Å². The van der Waals surface area contributed by atoms with Crippen LogP contribution in [0.5, 0.6) is 0 Å². The Hall–Kier alpha value is -1.32. The van der Waals surface area contributed by atoms with Crippen LogP contribution in [-0.4, -0.2) is 35.5 Å². The van der Waals surface area contributed by atoms with E-state index >= 15 is 0 Å². The van der Waals surface area contributed by atoms with Crippen molar-refractivity contribution in [3.8, 4) is 0 Å². The smallest absolute Gasteiger partial charge is 0.0737 e. The number of hydrogen-bond acceptors (Lipinski definition) is 3. The predicted molar refractivity (Wildman–Crippen MR) is 96.9 cm³/mol. The standard InChI is InChI=1S/C18H26ClN3/c1-4-22(5-2)12-6-7-14(3)21-17-10-11-20-18-13-15(19)8-9-16(17)18/h8-11,13-14H,4-7,12H2,1-3H3,(H,20,21)/i1D3,2D3,4D2,5D2. The molecule has 0 saturated heterocycles. The molecule has 0 spiro atoms. The summed E-state index contributed by atoms with van der Waals surface area (Å²) in [6.45, 7) is -11.3. The van der Waals surface area contributed by atoms with Gasteiger partial charge >= 0.3 is 0 Å². The third kappa shape index (κ3) is 4.59. The summed E-state index contributed by atoms with van der Waals surface area (Å²) in [5.41, 5.74) is 1.50. The first kappa shape index (κ1) is 7.98. The van der Waals surface area contributed by atoms with E-state index in [1.807, 2.05) is 13.0 Å². The van der Waals surface area contributed by atoms with Crippen LogP contribution in [0.4, 0.5) is 5.69 Å². The van der Waals surface area contributed by atoms with Crippen LogP contribution in [0, 0.1) is 0 Å². The van der Waals surface area contributed by atoms with Gasteiger partial charge in [-0.2, -0.15) is 0 Å². The number of halogens is 1. The summed E-state index contributed by atoms with van der Waals surface area (Å²) in [6, 6.07) is 6.94. The van der Waals surface area contributed by atoms with Crippen LogP contribution in [0.25, 0.3) is 10.9 Å². The van der Waals surface area contributed by atoms with Crippen molar-refractivity contribution in [2.45, 2.75) is 39.5 Å². The van der Waals surface area contributed by atoms with Crippen LogP contribution in [-0.2, 0) is 0 Å². The van der Waals surface area contributed by atoms with Gasteiger partial charge in [0, 0.05) is 42.0 Å². The Balaban J connectivity index is 2.14. The minimum Gasteiger partial charge on any atom is -0.382 e. The van der Waals surface area contributed by atoms with Gasteiger partial charge in [-0.25, -0.2) is 0 Å². The van der Waals surface area contributed by atoms with Crippen LogP contribution in [0.15, 0.2) is 30.5 Å². The van der Waals surface area contributed by atoms with E-state index in [-0.39, 0.29) is 12.5 Å². The van der Waals surface area contributed by atoms with Crippen LogP contribution >= 0.6 is 11.6 Å². The fourth-order valence-electron chi connectivity index (χ4n) is 2.28. The Bertz CT molecular complexity index is 903. The van der Waals surface area contributed by atoms with Gasteiger partial charge in [0.05, 0.1) is 5.52 Å². The SMILES string of the molecule is [2H]C([2H])([2H])C([2H])([2H])N(CCCC(C)Nc1ccnc2cc(Cl)ccc12)C([2H])([2H])C([2H])([2H])[2H]. The molecule has 22 heavy (non-hydrogen) atoms. The first-order chi connectivity index (χ1) is 14.5. The molecule has 1 atom stereocenters. The molecule has 0 aliphatic heterocycles. The normalized spacial score (nSPS) is 22.0. The molecule has 0 aliphatic carbocycles. The van der Waals surface area contributed by atoms with E-state index in [2.05, 4.69) is 10.3 Å². The molecule has 0 amide bonds. The summed E-state index contributed by atoms with van der Waals surface area (Å²) in [5.74, 6) is 0. The molecule has 4 heteroatoms. The van der Waals surface area contributed by atoms with Gasteiger partial charge in [-0.05, 0) is 63.6 Å². The average Bonchev–Trinajstić information content (AvgIpc) is 2.63. The fourth-order valence-corrected chi connectivity index (χ4v) is 2.45. The first-order valence-corrected chi connectivity index (χ1v) is 7.45. The van der Waals surface area contributed by atoms with E-state index in [1.165, 1.54) is 0 Å². The monoisotopic (exact) mass is 329 g/mol. The highest BCUT2D eigenvalue weighted by Gasteiger charge is 2.07. The summed E-state index contributed by atoms with van der Waals surface area (Å²) < 4.78 is 76.5. The Morgan fingerprint density at radius 1 is 1.36 bits per heavy atom. The van der Waals surface area contributed by atoms with E-state index < -0.39 is 33.2 Å². The second-order valence-electron chi connectivity index (χ2n) is 5.08. The molecular formula is C18H26ClN3. The summed E-state index contributed by atoms with van der Waals surface area (Å²) in [6.07, 6.45) is 2.20. The summed E-state index contributed by atoms with van der Waals surface area (Å²) in [4.78, 5) is 4.58. The summed E-state index contributed by atoms with van der Waals surface area (Å²) in [7, 11) is 0. The van der Waals surface area contributed by atoms with E-state index in [4.69, 9.17) is 25.3 Å². The quantitative estimate of drug-likeness (QED) is 0.753. The number of nitrogens with zero attached hydrogens (tertiary/aromatic N) is 2. The molecule has 0 fully saturated rings. The highest BCUT2D eigenvalue weighted by atomic mass is 35.5. The van der Waals surface area contributed by atoms with E-state index in [9.17, 15) is 0 Å². The zero-order valence-corrected chi connectivity index (χ0v) is 13.1. The lowest BCUT2D eigenvalue weighted by atomic mass is 10.1. The molecule has 2 rings (SSSR count). The second-order valence-corrected chi connectivity index (χ2v) is 5.52. The maximum atomic E-state index is 7.95.